The van der Waals surface area contributed by atoms with Gasteiger partial charge in [-0.3, -0.25) is 14.5 Å². The van der Waals surface area contributed by atoms with Gasteiger partial charge in [0.2, 0.25) is 11.8 Å². The Morgan fingerprint density at radius 2 is 1.20 bits per heavy atom. The monoisotopic (exact) mass is 740 g/mol. The van der Waals surface area contributed by atoms with Crippen LogP contribution < -0.4 is 16.4 Å². The van der Waals surface area contributed by atoms with E-state index in [-0.39, 0.29) is 30.6 Å². The van der Waals surface area contributed by atoms with Crippen LogP contribution in [0.4, 0.5) is 17.1 Å². The van der Waals surface area contributed by atoms with E-state index in [1.54, 1.807) is 12.1 Å². The van der Waals surface area contributed by atoms with Crippen molar-refractivity contribution in [2.75, 3.05) is 22.9 Å². The van der Waals surface area contributed by atoms with Gasteiger partial charge in [0.25, 0.3) is 0 Å². The quantitative estimate of drug-likeness (QED) is 0.0522. The topological polar surface area (TPSA) is 126 Å². The molecular weight excluding hydrogens is 689 g/mol. The van der Waals surface area contributed by atoms with Gasteiger partial charge in [-0.15, -0.1) is 0 Å². The molecular formula is C46H52N4O5. The molecule has 6 rings (SSSR count). The van der Waals surface area contributed by atoms with Crippen LogP contribution in [0.2, 0.25) is 0 Å². The summed E-state index contributed by atoms with van der Waals surface area (Å²) in [6, 6.07) is 43.9. The number of ether oxygens (including phenoxy) is 2. The van der Waals surface area contributed by atoms with E-state index in [0.717, 1.165) is 55.5 Å². The summed E-state index contributed by atoms with van der Waals surface area (Å²) >= 11 is 0. The normalized spacial score (nSPS) is 16.8. The summed E-state index contributed by atoms with van der Waals surface area (Å²) in [4.78, 5) is 27.5. The van der Waals surface area contributed by atoms with Gasteiger partial charge in [-0.25, -0.2) is 0 Å². The number of rotatable bonds is 18. The molecule has 3 unspecified atom stereocenters. The van der Waals surface area contributed by atoms with Gasteiger partial charge in [0.15, 0.2) is 6.29 Å². The second-order valence-corrected chi connectivity index (χ2v) is 14.2. The zero-order valence-electron chi connectivity index (χ0n) is 31.3. The number of carbonyl (C=O) groups excluding carboxylic acids is 2. The SMILES string of the molecule is Nc1ccccc1NC(=O)CCCCCCC(=O)Nc1ccc(C2OC(CN(Cc3ccccc3)Cc3ccccc3)CC(c3ccc(CO)cc3)O2)cc1. The van der Waals surface area contributed by atoms with E-state index in [9.17, 15) is 14.7 Å². The van der Waals surface area contributed by atoms with Crippen LogP contribution in [0, 0.1) is 0 Å². The highest BCUT2D eigenvalue weighted by molar-refractivity contribution is 5.93. The number of nitrogen functional groups attached to an aromatic ring is 1. The van der Waals surface area contributed by atoms with Crippen molar-refractivity contribution in [1.82, 2.24) is 4.90 Å². The number of anilines is 3. The van der Waals surface area contributed by atoms with Crippen LogP contribution in [-0.2, 0) is 38.8 Å². The summed E-state index contributed by atoms with van der Waals surface area (Å²) in [5, 5.41) is 15.5. The number of nitrogens with zero attached hydrogens (tertiary/aromatic N) is 1. The highest BCUT2D eigenvalue weighted by Crippen LogP contribution is 2.38. The Morgan fingerprint density at radius 1 is 0.636 bits per heavy atom. The average molecular weight is 741 g/mol. The zero-order chi connectivity index (χ0) is 38.2. The van der Waals surface area contributed by atoms with E-state index in [1.807, 2.05) is 72.8 Å². The third kappa shape index (κ3) is 12.3. The van der Waals surface area contributed by atoms with Gasteiger partial charge in [0.05, 0.1) is 30.2 Å². The highest BCUT2D eigenvalue weighted by atomic mass is 16.7. The minimum absolute atomic E-state index is 0.0107. The fourth-order valence-electron chi connectivity index (χ4n) is 6.88. The van der Waals surface area contributed by atoms with Crippen LogP contribution in [0.5, 0.6) is 0 Å². The van der Waals surface area contributed by atoms with Crippen LogP contribution in [0.3, 0.4) is 0 Å². The molecule has 0 spiro atoms. The maximum Gasteiger partial charge on any atom is 0.224 e. The summed E-state index contributed by atoms with van der Waals surface area (Å²) < 4.78 is 13.3. The van der Waals surface area contributed by atoms with Gasteiger partial charge < -0.3 is 30.9 Å². The minimum Gasteiger partial charge on any atom is -0.397 e. The van der Waals surface area contributed by atoms with Crippen molar-refractivity contribution in [1.29, 1.82) is 0 Å². The van der Waals surface area contributed by atoms with Gasteiger partial charge in [-0.2, -0.15) is 0 Å². The third-order valence-corrected chi connectivity index (χ3v) is 9.83. The highest BCUT2D eigenvalue weighted by Gasteiger charge is 2.33. The number of nitrogens with two attached hydrogens (primary N) is 1. The molecule has 0 bridgehead atoms. The summed E-state index contributed by atoms with van der Waals surface area (Å²) in [6.45, 7) is 2.27. The van der Waals surface area contributed by atoms with Crippen LogP contribution >= 0.6 is 0 Å². The van der Waals surface area contributed by atoms with Crippen LogP contribution in [0.25, 0.3) is 0 Å². The number of carbonyl (C=O) groups is 2. The molecule has 55 heavy (non-hydrogen) atoms. The first-order valence-corrected chi connectivity index (χ1v) is 19.3. The first-order chi connectivity index (χ1) is 26.9. The molecule has 5 N–H and O–H groups in total. The van der Waals surface area contributed by atoms with E-state index in [1.165, 1.54) is 11.1 Å². The number of benzene rings is 5. The molecule has 2 amide bonds. The molecule has 286 valence electrons. The summed E-state index contributed by atoms with van der Waals surface area (Å²) in [5.74, 6) is -0.0995. The predicted octanol–water partition coefficient (Wildman–Crippen LogP) is 8.93. The maximum absolute atomic E-state index is 12.8. The number of nitrogens with one attached hydrogen (secondary N) is 2. The van der Waals surface area contributed by atoms with Gasteiger partial charge >= 0.3 is 0 Å². The Kier molecular flexibility index (Phi) is 14.6. The van der Waals surface area contributed by atoms with Gasteiger partial charge in [-0.05, 0) is 59.4 Å². The molecule has 1 aliphatic heterocycles. The molecule has 0 saturated carbocycles. The Labute approximate surface area is 324 Å². The lowest BCUT2D eigenvalue weighted by molar-refractivity contribution is -0.253. The summed E-state index contributed by atoms with van der Waals surface area (Å²) in [5.41, 5.74) is 13.1. The number of hydrogen-bond acceptors (Lipinski definition) is 7. The molecule has 1 fully saturated rings. The number of unbranched alkanes of at least 4 members (excludes halogenated alkanes) is 3. The van der Waals surface area contributed by atoms with Gasteiger partial charge in [0.1, 0.15) is 0 Å². The number of para-hydroxylation sites is 2. The smallest absolute Gasteiger partial charge is 0.224 e. The van der Waals surface area contributed by atoms with Crippen LogP contribution in [0.15, 0.2) is 133 Å². The van der Waals surface area contributed by atoms with E-state index in [0.29, 0.717) is 42.9 Å². The maximum atomic E-state index is 12.8. The molecule has 3 atom stereocenters. The third-order valence-electron chi connectivity index (χ3n) is 9.83. The van der Waals surface area contributed by atoms with Crippen molar-refractivity contribution in [2.24, 2.45) is 0 Å². The number of amides is 2. The Morgan fingerprint density at radius 3 is 1.80 bits per heavy atom. The second kappa shape index (κ2) is 20.4. The summed E-state index contributed by atoms with van der Waals surface area (Å²) in [6.07, 6.45) is 3.80. The standard InChI is InChI=1S/C46H52N4O5/c47-41-17-11-12-18-42(41)49-45(53)20-10-2-1-9-19-44(52)48-39-27-25-38(26-28-39)46-54-40(29-43(55-46)37-23-21-36(33-51)22-24-37)32-50(30-34-13-5-3-6-14-34)31-35-15-7-4-8-16-35/h3-8,11-18,21-28,40,43,46,51H,1-2,9-10,19-20,29-33,47H2,(H,48,52)(H,49,53). The number of aliphatic hydroxyl groups excluding tert-OH is 1. The largest absolute Gasteiger partial charge is 0.397 e. The fraction of sp³-hybridized carbons (Fsp3) is 0.304. The van der Waals surface area contributed by atoms with Crippen molar-refractivity contribution >= 4 is 28.9 Å². The molecule has 9 nitrogen and oxygen atoms in total. The molecule has 1 saturated heterocycles. The fourth-order valence-corrected chi connectivity index (χ4v) is 6.88. The predicted molar refractivity (Wildman–Crippen MR) is 218 cm³/mol. The van der Waals surface area contributed by atoms with Crippen molar-refractivity contribution in [3.63, 3.8) is 0 Å². The van der Waals surface area contributed by atoms with Crippen LogP contribution in [0.1, 0.15) is 85.2 Å². The van der Waals surface area contributed by atoms with Crippen molar-refractivity contribution in [2.45, 2.75) is 83.1 Å². The lowest BCUT2D eigenvalue weighted by Crippen LogP contribution is -2.39. The first-order valence-electron chi connectivity index (χ1n) is 19.3. The summed E-state index contributed by atoms with van der Waals surface area (Å²) in [7, 11) is 0. The van der Waals surface area contributed by atoms with Crippen molar-refractivity contribution in [3.05, 3.63) is 161 Å². The molecule has 1 heterocycles. The van der Waals surface area contributed by atoms with E-state index in [4.69, 9.17) is 15.2 Å². The number of hydrogen-bond donors (Lipinski definition) is 4. The minimum atomic E-state index is -0.603. The second-order valence-electron chi connectivity index (χ2n) is 14.2. The Balaban J connectivity index is 1.03. The molecule has 5 aromatic carbocycles. The van der Waals surface area contributed by atoms with Crippen molar-refractivity contribution in [3.8, 4) is 0 Å². The van der Waals surface area contributed by atoms with E-state index >= 15 is 0 Å². The molecule has 9 heteroatoms. The van der Waals surface area contributed by atoms with Crippen molar-refractivity contribution < 1.29 is 24.2 Å². The molecule has 5 aromatic rings. The first kappa shape index (κ1) is 39.4. The van der Waals surface area contributed by atoms with Crippen LogP contribution in [-0.4, -0.2) is 34.5 Å². The average Bonchev–Trinajstić information content (AvgIpc) is 3.21. The Bertz CT molecular complexity index is 1880. The lowest BCUT2D eigenvalue weighted by atomic mass is 9.99. The number of aliphatic hydroxyl groups is 1. The van der Waals surface area contributed by atoms with E-state index < -0.39 is 6.29 Å². The lowest BCUT2D eigenvalue weighted by Gasteiger charge is -2.38. The molecule has 0 aliphatic carbocycles. The van der Waals surface area contributed by atoms with Gasteiger partial charge in [0, 0.05) is 50.1 Å². The molecule has 0 radical (unpaired) electrons. The molecule has 0 aromatic heterocycles. The zero-order valence-corrected chi connectivity index (χ0v) is 31.3. The van der Waals surface area contributed by atoms with E-state index in [2.05, 4.69) is 64.1 Å². The van der Waals surface area contributed by atoms with Gasteiger partial charge in [-0.1, -0.05) is 122 Å². The molecule has 1 aliphatic rings. The Hall–Kier alpha value is -5.32.